The predicted molar refractivity (Wildman–Crippen MR) is 78.6 cm³/mol. The highest BCUT2D eigenvalue weighted by molar-refractivity contribution is 6.30. The van der Waals surface area contributed by atoms with Gasteiger partial charge in [0, 0.05) is 5.02 Å². The molecule has 0 aromatic heterocycles. The van der Waals surface area contributed by atoms with E-state index in [2.05, 4.69) is 42.5 Å². The van der Waals surface area contributed by atoms with Crippen molar-refractivity contribution < 1.29 is 0 Å². The van der Waals surface area contributed by atoms with Gasteiger partial charge in [-0.2, -0.15) is 0 Å². The fraction of sp³-hybridized carbons (Fsp3) is 0.0588. The standard InChI is InChI=1S/C17H13Cl/c18-16-11-6-13(7-12-16)5-8-15-10-9-14-3-1-2-4-17(14)15/h1-8,10-12H,9H2/b8-5+. The summed E-state index contributed by atoms with van der Waals surface area (Å²) in [4.78, 5) is 0. The molecule has 0 aliphatic heterocycles. The number of hydrogen-bond acceptors (Lipinski definition) is 0. The van der Waals surface area contributed by atoms with E-state index < -0.39 is 0 Å². The second-order valence-corrected chi connectivity index (χ2v) is 4.84. The Labute approximate surface area is 112 Å². The molecule has 0 heterocycles. The third kappa shape index (κ3) is 2.25. The van der Waals surface area contributed by atoms with Gasteiger partial charge in [0.1, 0.15) is 0 Å². The summed E-state index contributed by atoms with van der Waals surface area (Å²) >= 11 is 5.87. The minimum absolute atomic E-state index is 0.776. The summed E-state index contributed by atoms with van der Waals surface area (Å²) in [5.41, 5.74) is 5.24. The Hall–Kier alpha value is -1.79. The Bertz CT molecular complexity index is 618. The molecule has 1 aliphatic rings. The van der Waals surface area contributed by atoms with Crippen molar-refractivity contribution in [1.82, 2.24) is 0 Å². The van der Waals surface area contributed by atoms with E-state index in [1.807, 2.05) is 24.3 Å². The first-order valence-corrected chi connectivity index (χ1v) is 6.43. The van der Waals surface area contributed by atoms with Crippen LogP contribution in [0.3, 0.4) is 0 Å². The van der Waals surface area contributed by atoms with Crippen LogP contribution >= 0.6 is 11.6 Å². The molecule has 18 heavy (non-hydrogen) atoms. The average molecular weight is 253 g/mol. The molecule has 2 aromatic rings. The molecule has 0 amide bonds. The van der Waals surface area contributed by atoms with Gasteiger partial charge in [0.15, 0.2) is 0 Å². The van der Waals surface area contributed by atoms with Crippen LogP contribution in [0.25, 0.3) is 11.6 Å². The molecular formula is C17H13Cl. The van der Waals surface area contributed by atoms with Crippen molar-refractivity contribution in [2.75, 3.05) is 0 Å². The Morgan fingerprint density at radius 1 is 0.889 bits per heavy atom. The Kier molecular flexibility index (Phi) is 3.04. The van der Waals surface area contributed by atoms with E-state index in [4.69, 9.17) is 11.6 Å². The van der Waals surface area contributed by atoms with Crippen LogP contribution in [0.2, 0.25) is 5.02 Å². The van der Waals surface area contributed by atoms with Crippen LogP contribution in [-0.4, -0.2) is 0 Å². The normalized spacial score (nSPS) is 13.7. The molecule has 1 heteroatoms. The van der Waals surface area contributed by atoms with Crippen molar-refractivity contribution in [3.63, 3.8) is 0 Å². The predicted octanol–water partition coefficient (Wildman–Crippen LogP) is 4.99. The first kappa shape index (κ1) is 11.3. The van der Waals surface area contributed by atoms with Crippen molar-refractivity contribution in [2.45, 2.75) is 6.42 Å². The van der Waals surface area contributed by atoms with Gasteiger partial charge < -0.3 is 0 Å². The minimum Gasteiger partial charge on any atom is -0.0843 e. The number of rotatable bonds is 2. The van der Waals surface area contributed by atoms with Crippen molar-refractivity contribution in [1.29, 1.82) is 0 Å². The second kappa shape index (κ2) is 4.83. The van der Waals surface area contributed by atoms with E-state index in [9.17, 15) is 0 Å². The van der Waals surface area contributed by atoms with Gasteiger partial charge in [-0.1, -0.05) is 66.2 Å². The number of benzene rings is 2. The Morgan fingerprint density at radius 2 is 1.67 bits per heavy atom. The molecule has 2 aromatic carbocycles. The van der Waals surface area contributed by atoms with Gasteiger partial charge in [0.25, 0.3) is 0 Å². The van der Waals surface area contributed by atoms with Gasteiger partial charge in [-0.25, -0.2) is 0 Å². The SMILES string of the molecule is Clc1ccc(/C=C/C2=CCc3ccccc32)cc1. The summed E-state index contributed by atoms with van der Waals surface area (Å²) < 4.78 is 0. The molecule has 0 atom stereocenters. The van der Waals surface area contributed by atoms with E-state index in [1.54, 1.807) is 0 Å². The maximum atomic E-state index is 5.87. The monoisotopic (exact) mass is 252 g/mol. The molecule has 0 N–H and O–H groups in total. The van der Waals surface area contributed by atoms with Crippen molar-refractivity contribution in [3.05, 3.63) is 82.4 Å². The van der Waals surface area contributed by atoms with E-state index in [0.29, 0.717) is 0 Å². The lowest BCUT2D eigenvalue weighted by atomic mass is 10.0. The third-order valence-corrected chi connectivity index (χ3v) is 3.45. The molecule has 0 nitrogen and oxygen atoms in total. The highest BCUT2D eigenvalue weighted by Gasteiger charge is 2.09. The smallest absolute Gasteiger partial charge is 0.0406 e. The summed E-state index contributed by atoms with van der Waals surface area (Å²) in [6.07, 6.45) is 7.62. The molecule has 0 saturated carbocycles. The number of fused-ring (bicyclic) bond motifs is 1. The lowest BCUT2D eigenvalue weighted by Gasteiger charge is -2.00. The Balaban J connectivity index is 1.84. The summed E-state index contributed by atoms with van der Waals surface area (Å²) in [6, 6.07) is 16.4. The second-order valence-electron chi connectivity index (χ2n) is 4.41. The largest absolute Gasteiger partial charge is 0.0843 e. The quantitative estimate of drug-likeness (QED) is 0.706. The summed E-state index contributed by atoms with van der Waals surface area (Å²) in [6.45, 7) is 0. The molecule has 0 radical (unpaired) electrons. The van der Waals surface area contributed by atoms with Crippen LogP contribution in [0.15, 0.2) is 60.7 Å². The zero-order chi connectivity index (χ0) is 12.4. The van der Waals surface area contributed by atoms with Gasteiger partial charge >= 0.3 is 0 Å². The van der Waals surface area contributed by atoms with Gasteiger partial charge in [0.2, 0.25) is 0 Å². The van der Waals surface area contributed by atoms with E-state index in [0.717, 1.165) is 11.4 Å². The fourth-order valence-corrected chi connectivity index (χ4v) is 2.35. The highest BCUT2D eigenvalue weighted by atomic mass is 35.5. The van der Waals surface area contributed by atoms with Crippen LogP contribution in [-0.2, 0) is 6.42 Å². The summed E-state index contributed by atoms with van der Waals surface area (Å²) in [5.74, 6) is 0. The zero-order valence-electron chi connectivity index (χ0n) is 9.94. The zero-order valence-corrected chi connectivity index (χ0v) is 10.7. The van der Waals surface area contributed by atoms with Gasteiger partial charge in [0.05, 0.1) is 0 Å². The van der Waals surface area contributed by atoms with Crippen LogP contribution in [0.5, 0.6) is 0 Å². The maximum absolute atomic E-state index is 5.87. The minimum atomic E-state index is 0.776. The van der Waals surface area contributed by atoms with Gasteiger partial charge in [-0.15, -0.1) is 0 Å². The molecule has 0 saturated heterocycles. The Morgan fingerprint density at radius 3 is 2.50 bits per heavy atom. The van der Waals surface area contributed by atoms with E-state index in [-0.39, 0.29) is 0 Å². The molecular weight excluding hydrogens is 240 g/mol. The van der Waals surface area contributed by atoms with Crippen LogP contribution < -0.4 is 0 Å². The number of allylic oxidation sites excluding steroid dienone is 3. The van der Waals surface area contributed by atoms with E-state index in [1.165, 1.54) is 22.3 Å². The third-order valence-electron chi connectivity index (χ3n) is 3.20. The highest BCUT2D eigenvalue weighted by Crippen LogP contribution is 2.28. The van der Waals surface area contributed by atoms with Crippen LogP contribution in [0, 0.1) is 0 Å². The topological polar surface area (TPSA) is 0 Å². The molecule has 0 fully saturated rings. The van der Waals surface area contributed by atoms with Gasteiger partial charge in [-0.05, 0) is 40.8 Å². The molecule has 0 bridgehead atoms. The molecule has 1 aliphatic carbocycles. The molecule has 0 spiro atoms. The maximum Gasteiger partial charge on any atom is 0.0406 e. The first-order valence-electron chi connectivity index (χ1n) is 6.05. The summed E-state index contributed by atoms with van der Waals surface area (Å²) in [7, 11) is 0. The van der Waals surface area contributed by atoms with Crippen molar-refractivity contribution in [2.24, 2.45) is 0 Å². The first-order chi connectivity index (χ1) is 8.83. The lowest BCUT2D eigenvalue weighted by molar-refractivity contribution is 1.31. The van der Waals surface area contributed by atoms with Gasteiger partial charge in [-0.3, -0.25) is 0 Å². The fourth-order valence-electron chi connectivity index (χ4n) is 2.23. The summed E-state index contributed by atoms with van der Waals surface area (Å²) in [5, 5.41) is 0.776. The van der Waals surface area contributed by atoms with Crippen molar-refractivity contribution in [3.8, 4) is 0 Å². The van der Waals surface area contributed by atoms with E-state index >= 15 is 0 Å². The van der Waals surface area contributed by atoms with Crippen molar-refractivity contribution >= 4 is 23.3 Å². The molecule has 3 rings (SSSR count). The number of halogens is 1. The lowest BCUT2D eigenvalue weighted by Crippen LogP contribution is -1.81. The van der Waals surface area contributed by atoms with Crippen LogP contribution in [0.4, 0.5) is 0 Å². The van der Waals surface area contributed by atoms with Crippen LogP contribution in [0.1, 0.15) is 16.7 Å². The molecule has 88 valence electrons. The number of hydrogen-bond donors (Lipinski definition) is 0. The average Bonchev–Trinajstić information content (AvgIpc) is 2.82. The molecule has 0 unspecified atom stereocenters.